The van der Waals surface area contributed by atoms with Crippen LogP contribution in [0, 0.1) is 0 Å². The van der Waals surface area contributed by atoms with Gasteiger partial charge in [-0.3, -0.25) is 0 Å². The van der Waals surface area contributed by atoms with Crippen LogP contribution in [0.2, 0.25) is 0 Å². The van der Waals surface area contributed by atoms with Crippen LogP contribution in [-0.2, 0) is 6.42 Å². The van der Waals surface area contributed by atoms with Gasteiger partial charge in [0.1, 0.15) is 11.2 Å². The smallest absolute Gasteiger partial charge is 0.143 e. The van der Waals surface area contributed by atoms with E-state index >= 15 is 0 Å². The minimum absolute atomic E-state index is 0.0209. The molecule has 0 aliphatic carbocycles. The summed E-state index contributed by atoms with van der Waals surface area (Å²) < 4.78 is 122. The van der Waals surface area contributed by atoms with Crippen LogP contribution in [0.5, 0.6) is 0 Å². The number of fused-ring (bicyclic) bond motifs is 7. The zero-order valence-corrected chi connectivity index (χ0v) is 28.6. The van der Waals surface area contributed by atoms with E-state index in [-0.39, 0.29) is 38.2 Å². The van der Waals surface area contributed by atoms with Crippen molar-refractivity contribution in [3.63, 3.8) is 0 Å². The molecule has 1 heterocycles. The quantitative estimate of drug-likeness (QED) is 0.163. The Bertz CT molecular complexity index is 3890. The molecule has 0 fully saturated rings. The van der Waals surface area contributed by atoms with E-state index in [0.717, 1.165) is 49.2 Å². The van der Waals surface area contributed by atoms with E-state index in [9.17, 15) is 5.48 Å². The molecule has 1 heteroatoms. The topological polar surface area (TPSA) is 13.1 Å². The molecule has 0 bridgehead atoms. The fraction of sp³-hybridized carbons (Fsp3) is 0.0189. The summed E-state index contributed by atoms with van der Waals surface area (Å²) in [7, 11) is 0. The molecule has 0 aliphatic heterocycles. The number of benzene rings is 10. The molecule has 10 aromatic carbocycles. The maximum atomic E-state index is 9.45. The Balaban J connectivity index is 1.20. The first-order valence-corrected chi connectivity index (χ1v) is 17.7. The second-order valence-corrected chi connectivity index (χ2v) is 13.4. The van der Waals surface area contributed by atoms with Crippen LogP contribution in [0.1, 0.15) is 28.9 Å². The van der Waals surface area contributed by atoms with Crippen LogP contribution < -0.4 is 0 Å². The number of hydrogen-bond acceptors (Lipinski definition) is 1. The Labute approximate surface area is 331 Å². The van der Waals surface area contributed by atoms with Crippen molar-refractivity contribution in [2.75, 3.05) is 0 Å². The third-order valence-corrected chi connectivity index (χ3v) is 10.5. The largest absolute Gasteiger partial charge is 0.455 e. The van der Waals surface area contributed by atoms with Crippen molar-refractivity contribution >= 4 is 65.0 Å². The molecule has 54 heavy (non-hydrogen) atoms. The van der Waals surface area contributed by atoms with Crippen molar-refractivity contribution in [2.45, 2.75) is 6.42 Å². The highest BCUT2D eigenvalue weighted by atomic mass is 16.3. The molecule has 0 saturated carbocycles. The third kappa shape index (κ3) is 4.79. The summed E-state index contributed by atoms with van der Waals surface area (Å²) in [6.45, 7) is 0. The number of para-hydroxylation sites is 1. The van der Waals surface area contributed by atoms with Gasteiger partial charge in [0.05, 0.1) is 17.8 Å². The monoisotopic (exact) mass is 699 g/mol. The van der Waals surface area contributed by atoms with Gasteiger partial charge < -0.3 is 4.42 Å². The lowest BCUT2D eigenvalue weighted by Crippen LogP contribution is -1.96. The Morgan fingerprint density at radius 1 is 0.407 bits per heavy atom. The van der Waals surface area contributed by atoms with E-state index in [1.807, 2.05) is 66.7 Å². The molecule has 0 saturated heterocycles. The lowest BCUT2D eigenvalue weighted by atomic mass is 9.84. The van der Waals surface area contributed by atoms with Crippen LogP contribution in [0.4, 0.5) is 0 Å². The summed E-state index contributed by atoms with van der Waals surface area (Å²) in [5, 5.41) is 5.22. The number of hydrogen-bond donors (Lipinski definition) is 0. The first-order chi connectivity index (χ1) is 32.2. The van der Waals surface area contributed by atoms with Gasteiger partial charge in [-0.05, 0) is 101 Å². The first kappa shape index (κ1) is 20.3. The average molecular weight is 700 g/mol. The summed E-state index contributed by atoms with van der Waals surface area (Å²) in [6, 6.07) is 30.7. The SMILES string of the molecule is [2H]c1c([2H])c([2H])c(Cc2c3c([2H])c([2H])c([2H])c([2H])c3c(-c3ccc(-c4cccc5c4oc4ccc(-c6cccc7ccccc67)cc45)c4ccccc34)c3c([2H])c([2H])c([2H])c([2H])c23)c([2H])c1[2H]. The van der Waals surface area contributed by atoms with Gasteiger partial charge in [-0.1, -0.05) is 182 Å². The fourth-order valence-electron chi connectivity index (χ4n) is 8.10. The Morgan fingerprint density at radius 3 is 1.78 bits per heavy atom. The summed E-state index contributed by atoms with van der Waals surface area (Å²) >= 11 is 0. The van der Waals surface area contributed by atoms with E-state index in [1.54, 1.807) is 6.07 Å². The second-order valence-electron chi connectivity index (χ2n) is 13.4. The van der Waals surface area contributed by atoms with Crippen molar-refractivity contribution in [1.29, 1.82) is 0 Å². The Morgan fingerprint density at radius 2 is 1.00 bits per heavy atom. The molecule has 0 aliphatic rings. The van der Waals surface area contributed by atoms with Crippen LogP contribution in [0.3, 0.4) is 0 Å². The molecule has 0 N–H and O–H groups in total. The molecule has 11 rings (SSSR count). The molecule has 0 amide bonds. The van der Waals surface area contributed by atoms with Gasteiger partial charge in [0.2, 0.25) is 0 Å². The fourth-order valence-corrected chi connectivity index (χ4v) is 8.10. The average Bonchev–Trinajstić information content (AvgIpc) is 3.73. The van der Waals surface area contributed by atoms with Crippen molar-refractivity contribution in [3.8, 4) is 33.4 Å². The van der Waals surface area contributed by atoms with Gasteiger partial charge in [0, 0.05) is 16.3 Å². The lowest BCUT2D eigenvalue weighted by molar-refractivity contribution is 0.670. The molecule has 11 aromatic rings. The van der Waals surface area contributed by atoms with E-state index in [0.29, 0.717) is 22.1 Å². The van der Waals surface area contributed by atoms with E-state index in [2.05, 4.69) is 42.5 Å². The highest BCUT2D eigenvalue weighted by Crippen LogP contribution is 2.46. The van der Waals surface area contributed by atoms with Crippen molar-refractivity contribution in [1.82, 2.24) is 0 Å². The summed E-state index contributed by atoms with van der Waals surface area (Å²) in [6.07, 6.45) is -0.502. The maximum Gasteiger partial charge on any atom is 0.143 e. The first-order valence-electron chi connectivity index (χ1n) is 24.2. The summed E-state index contributed by atoms with van der Waals surface area (Å²) in [4.78, 5) is 0. The van der Waals surface area contributed by atoms with Crippen LogP contribution in [0.15, 0.2) is 198 Å². The minimum atomic E-state index is -0.620. The maximum absolute atomic E-state index is 9.45. The van der Waals surface area contributed by atoms with Crippen molar-refractivity contribution in [2.24, 2.45) is 0 Å². The Kier molecular flexibility index (Phi) is 4.64. The van der Waals surface area contributed by atoms with E-state index in [4.69, 9.17) is 16.8 Å². The van der Waals surface area contributed by atoms with Gasteiger partial charge in [0.15, 0.2) is 0 Å². The van der Waals surface area contributed by atoms with Gasteiger partial charge >= 0.3 is 0 Å². The molecular weight excluding hydrogens is 653 g/mol. The predicted molar refractivity (Wildman–Crippen MR) is 229 cm³/mol. The molecule has 0 unspecified atom stereocenters. The molecule has 0 spiro atoms. The van der Waals surface area contributed by atoms with Crippen LogP contribution >= 0.6 is 0 Å². The van der Waals surface area contributed by atoms with Gasteiger partial charge in [-0.15, -0.1) is 0 Å². The lowest BCUT2D eigenvalue weighted by Gasteiger charge is -2.19. The standard InChI is InChI=1S/C53H34O/c1-2-14-34(15-3-1)32-49-41-21-8-10-23-44(41)52(45-24-11-9-22-42(45)49)46-30-29-43(39-19-6-7-20-40(39)46)47-26-13-27-48-50-33-36(28-31-51(50)54-53(47)48)38-25-12-17-35-16-4-5-18-37(35)38/h1-31,33H,32H2/i1D,2D,3D,8D,9D,10D,11D,14D,15D,21D,22D,23D,24D. The molecule has 1 aromatic heterocycles. The summed E-state index contributed by atoms with van der Waals surface area (Å²) in [5.41, 5.74) is 5.43. The van der Waals surface area contributed by atoms with Gasteiger partial charge in [-0.2, -0.15) is 0 Å². The molecule has 0 radical (unpaired) electrons. The normalized spacial score (nSPS) is 15.1. The number of rotatable bonds is 5. The zero-order chi connectivity index (χ0) is 46.9. The highest BCUT2D eigenvalue weighted by Gasteiger charge is 2.20. The summed E-state index contributed by atoms with van der Waals surface area (Å²) in [5.74, 6) is 0. The van der Waals surface area contributed by atoms with E-state index in [1.165, 1.54) is 0 Å². The predicted octanol–water partition coefficient (Wildman–Crippen LogP) is 14.8. The minimum Gasteiger partial charge on any atom is -0.455 e. The van der Waals surface area contributed by atoms with Crippen LogP contribution in [0.25, 0.3) is 98.4 Å². The van der Waals surface area contributed by atoms with E-state index < -0.39 is 85.0 Å². The molecule has 1 nitrogen and oxygen atoms in total. The van der Waals surface area contributed by atoms with Crippen molar-refractivity contribution < 1.29 is 22.2 Å². The second kappa shape index (κ2) is 12.3. The number of furan rings is 1. The van der Waals surface area contributed by atoms with Gasteiger partial charge in [-0.25, -0.2) is 0 Å². The molecule has 252 valence electrons. The molecular formula is C53H34O. The molecule has 0 atom stereocenters. The Hall–Kier alpha value is -6.96. The van der Waals surface area contributed by atoms with Gasteiger partial charge in [0.25, 0.3) is 0 Å². The van der Waals surface area contributed by atoms with Crippen LogP contribution in [-0.4, -0.2) is 0 Å². The zero-order valence-electron chi connectivity index (χ0n) is 41.6. The highest BCUT2D eigenvalue weighted by molar-refractivity contribution is 6.21. The third-order valence-electron chi connectivity index (χ3n) is 10.5. The van der Waals surface area contributed by atoms with Crippen molar-refractivity contribution in [3.05, 3.63) is 205 Å².